The second-order valence-electron chi connectivity index (χ2n) is 5.13. The molecular weight excluding hydrogens is 294 g/mol. The van der Waals surface area contributed by atoms with E-state index in [4.69, 9.17) is 5.11 Å². The lowest BCUT2D eigenvalue weighted by Gasteiger charge is -2.14. The lowest BCUT2D eigenvalue weighted by Crippen LogP contribution is -2.33. The molecule has 0 aliphatic heterocycles. The summed E-state index contributed by atoms with van der Waals surface area (Å²) in [6.07, 6.45) is 0.565. The predicted octanol–water partition coefficient (Wildman–Crippen LogP) is 3.44. The predicted molar refractivity (Wildman–Crippen MR) is 82.6 cm³/mol. The number of hydrogen-bond donors (Lipinski definition) is 2. The van der Waals surface area contributed by atoms with Crippen molar-refractivity contribution in [2.24, 2.45) is 11.8 Å². The quantitative estimate of drug-likeness (QED) is 0.859. The molecule has 6 heteroatoms. The topological polar surface area (TPSA) is 66.4 Å². The van der Waals surface area contributed by atoms with E-state index in [2.05, 4.69) is 5.32 Å². The van der Waals surface area contributed by atoms with Crippen LogP contribution in [-0.2, 0) is 4.79 Å². The molecule has 1 unspecified atom stereocenters. The number of aliphatic carboxylic acids is 1. The number of nitrogens with one attached hydrogen (secondary N) is 1. The van der Waals surface area contributed by atoms with Gasteiger partial charge in [-0.15, -0.1) is 22.7 Å². The van der Waals surface area contributed by atoms with Gasteiger partial charge in [0.15, 0.2) is 0 Å². The fraction of sp³-hybridized carbons (Fsp3) is 0.429. The molecule has 2 N–H and O–H groups in total. The summed E-state index contributed by atoms with van der Waals surface area (Å²) in [7, 11) is 0. The molecule has 2 heterocycles. The molecule has 0 spiro atoms. The summed E-state index contributed by atoms with van der Waals surface area (Å²) in [4.78, 5) is 23.8. The Hall–Kier alpha value is -1.40. The van der Waals surface area contributed by atoms with E-state index in [-0.39, 0.29) is 12.5 Å². The van der Waals surface area contributed by atoms with Gasteiger partial charge in [0.25, 0.3) is 5.91 Å². The van der Waals surface area contributed by atoms with Crippen molar-refractivity contribution in [2.45, 2.75) is 20.3 Å². The Kier molecular flexibility index (Phi) is 4.77. The van der Waals surface area contributed by atoms with Crippen molar-refractivity contribution in [3.8, 4) is 0 Å². The zero-order chi connectivity index (χ0) is 14.7. The zero-order valence-electron chi connectivity index (χ0n) is 11.4. The molecule has 108 valence electrons. The third kappa shape index (κ3) is 3.58. The summed E-state index contributed by atoms with van der Waals surface area (Å²) in [6, 6.07) is 3.85. The summed E-state index contributed by atoms with van der Waals surface area (Å²) < 4.78 is 2.19. The second-order valence-corrected chi connectivity index (χ2v) is 7.17. The first-order valence-corrected chi connectivity index (χ1v) is 8.15. The Morgan fingerprint density at radius 3 is 2.70 bits per heavy atom. The highest BCUT2D eigenvalue weighted by Crippen LogP contribution is 2.29. The Morgan fingerprint density at radius 1 is 1.35 bits per heavy atom. The number of fused-ring (bicyclic) bond motifs is 1. The average Bonchev–Trinajstić information content (AvgIpc) is 2.93. The molecule has 0 aromatic carbocycles. The molecule has 2 rings (SSSR count). The molecular formula is C14H17NO3S2. The van der Waals surface area contributed by atoms with Gasteiger partial charge in [-0.3, -0.25) is 9.59 Å². The lowest BCUT2D eigenvalue weighted by atomic mass is 9.97. The third-order valence-corrected chi connectivity index (χ3v) is 5.07. The number of carboxylic acids is 1. The molecule has 0 saturated carbocycles. The van der Waals surface area contributed by atoms with Gasteiger partial charge in [0.2, 0.25) is 0 Å². The van der Waals surface area contributed by atoms with Crippen molar-refractivity contribution in [3.63, 3.8) is 0 Å². The Bertz CT molecular complexity index is 586. The molecule has 0 bridgehead atoms. The van der Waals surface area contributed by atoms with E-state index in [0.717, 1.165) is 9.40 Å². The Labute approximate surface area is 125 Å². The second kappa shape index (κ2) is 6.37. The van der Waals surface area contributed by atoms with Gasteiger partial charge in [0.05, 0.1) is 10.8 Å². The molecule has 0 fully saturated rings. The largest absolute Gasteiger partial charge is 0.481 e. The van der Waals surface area contributed by atoms with Crippen LogP contribution < -0.4 is 5.32 Å². The van der Waals surface area contributed by atoms with Crippen LogP contribution >= 0.6 is 22.7 Å². The molecule has 0 aliphatic rings. The summed E-state index contributed by atoms with van der Waals surface area (Å²) in [5.74, 6) is -1.28. The average molecular weight is 311 g/mol. The first-order valence-electron chi connectivity index (χ1n) is 6.45. The first-order chi connectivity index (χ1) is 9.47. The minimum absolute atomic E-state index is 0.178. The Balaban J connectivity index is 1.96. The van der Waals surface area contributed by atoms with Crippen molar-refractivity contribution in [1.29, 1.82) is 0 Å². The minimum Gasteiger partial charge on any atom is -0.481 e. The maximum Gasteiger partial charge on any atom is 0.308 e. The van der Waals surface area contributed by atoms with Gasteiger partial charge in [-0.05, 0) is 29.9 Å². The fourth-order valence-corrected chi connectivity index (χ4v) is 4.05. The SMILES string of the molecule is CC(C)CC(CNC(=O)c1cc2sccc2s1)C(=O)O. The van der Waals surface area contributed by atoms with E-state index in [1.54, 1.807) is 11.3 Å². The number of amides is 1. The number of hydrogen-bond acceptors (Lipinski definition) is 4. The van der Waals surface area contributed by atoms with Crippen molar-refractivity contribution in [3.05, 3.63) is 22.4 Å². The molecule has 2 aromatic heterocycles. The smallest absolute Gasteiger partial charge is 0.308 e. The van der Waals surface area contributed by atoms with Crippen LogP contribution in [-0.4, -0.2) is 23.5 Å². The third-order valence-electron chi connectivity index (χ3n) is 2.98. The molecule has 1 atom stereocenters. The van der Waals surface area contributed by atoms with Crippen LogP contribution in [0.1, 0.15) is 29.9 Å². The molecule has 4 nitrogen and oxygen atoms in total. The molecule has 2 aromatic rings. The minimum atomic E-state index is -0.855. The normalized spacial score (nSPS) is 12.8. The molecule has 20 heavy (non-hydrogen) atoms. The highest BCUT2D eigenvalue weighted by Gasteiger charge is 2.20. The molecule has 0 radical (unpaired) electrons. The van der Waals surface area contributed by atoms with E-state index >= 15 is 0 Å². The van der Waals surface area contributed by atoms with Crippen LogP contribution in [0.4, 0.5) is 0 Å². The summed E-state index contributed by atoms with van der Waals surface area (Å²) >= 11 is 3.04. The van der Waals surface area contributed by atoms with Crippen molar-refractivity contribution >= 4 is 43.9 Å². The van der Waals surface area contributed by atoms with Gasteiger partial charge in [0, 0.05) is 15.9 Å². The van der Waals surface area contributed by atoms with Gasteiger partial charge in [-0.1, -0.05) is 13.8 Å². The summed E-state index contributed by atoms with van der Waals surface area (Å²) in [5, 5.41) is 13.9. The highest BCUT2D eigenvalue weighted by atomic mass is 32.1. The molecule has 0 aliphatic carbocycles. The van der Waals surface area contributed by atoms with Crippen LogP contribution in [0, 0.1) is 11.8 Å². The monoisotopic (exact) mass is 311 g/mol. The van der Waals surface area contributed by atoms with Crippen molar-refractivity contribution in [1.82, 2.24) is 5.32 Å². The van der Waals surface area contributed by atoms with Crippen LogP contribution in [0.5, 0.6) is 0 Å². The number of carbonyl (C=O) groups is 2. The summed E-state index contributed by atoms with van der Waals surface area (Å²) in [5.41, 5.74) is 0. The maximum atomic E-state index is 12.0. The fourth-order valence-electron chi connectivity index (χ4n) is 2.02. The van der Waals surface area contributed by atoms with Gasteiger partial charge in [0.1, 0.15) is 0 Å². The Morgan fingerprint density at radius 2 is 2.10 bits per heavy atom. The zero-order valence-corrected chi connectivity index (χ0v) is 13.0. The van der Waals surface area contributed by atoms with E-state index < -0.39 is 11.9 Å². The number of rotatable bonds is 6. The van der Waals surface area contributed by atoms with Crippen molar-refractivity contribution < 1.29 is 14.7 Å². The molecule has 1 amide bonds. The van der Waals surface area contributed by atoms with Crippen molar-refractivity contribution in [2.75, 3.05) is 6.54 Å². The van der Waals surface area contributed by atoms with E-state index in [0.29, 0.717) is 17.2 Å². The van der Waals surface area contributed by atoms with Crippen LogP contribution in [0.25, 0.3) is 9.40 Å². The first kappa shape index (κ1) is 15.0. The highest BCUT2D eigenvalue weighted by molar-refractivity contribution is 7.27. The maximum absolute atomic E-state index is 12.0. The molecule has 0 saturated heterocycles. The summed E-state index contributed by atoms with van der Waals surface area (Å²) in [6.45, 7) is 4.13. The lowest BCUT2D eigenvalue weighted by molar-refractivity contribution is -0.142. The van der Waals surface area contributed by atoms with Gasteiger partial charge in [-0.25, -0.2) is 0 Å². The van der Waals surface area contributed by atoms with Crippen LogP contribution in [0.2, 0.25) is 0 Å². The number of carbonyl (C=O) groups excluding carboxylic acids is 1. The van der Waals surface area contributed by atoms with Gasteiger partial charge in [-0.2, -0.15) is 0 Å². The van der Waals surface area contributed by atoms with Gasteiger partial charge >= 0.3 is 5.97 Å². The van der Waals surface area contributed by atoms with Crippen LogP contribution in [0.15, 0.2) is 17.5 Å². The van der Waals surface area contributed by atoms with E-state index in [1.807, 2.05) is 31.4 Å². The van der Waals surface area contributed by atoms with E-state index in [1.165, 1.54) is 11.3 Å². The number of thiophene rings is 2. The van der Waals surface area contributed by atoms with Gasteiger partial charge < -0.3 is 10.4 Å². The van der Waals surface area contributed by atoms with E-state index in [9.17, 15) is 9.59 Å². The van der Waals surface area contributed by atoms with Crippen LogP contribution in [0.3, 0.4) is 0 Å². The number of carboxylic acid groups (broad SMARTS) is 1. The standard InChI is InChI=1S/C14H17NO3S2/c1-8(2)5-9(14(17)18)7-15-13(16)12-6-11-10(20-12)3-4-19-11/h3-4,6,8-9H,5,7H2,1-2H3,(H,15,16)(H,17,18).